The van der Waals surface area contributed by atoms with Gasteiger partial charge < -0.3 is 4.57 Å². The van der Waals surface area contributed by atoms with Crippen LogP contribution < -0.4 is 0 Å². The summed E-state index contributed by atoms with van der Waals surface area (Å²) in [4.78, 5) is 0. The lowest BCUT2D eigenvalue weighted by Gasteiger charge is -1.93. The quantitative estimate of drug-likeness (QED) is 0.525. The topological polar surface area (TPSA) is 4.93 Å². The number of halogens is 2. The second kappa shape index (κ2) is 2.08. The van der Waals surface area contributed by atoms with Gasteiger partial charge in [0.1, 0.15) is 5.82 Å². The molecule has 0 fully saturated rings. The molecule has 0 aliphatic heterocycles. The van der Waals surface area contributed by atoms with Crippen LogP contribution in [0, 0.1) is 25.6 Å². The highest BCUT2D eigenvalue weighted by atomic mass is 19.1. The molecule has 10 heavy (non-hydrogen) atoms. The van der Waals surface area contributed by atoms with E-state index in [2.05, 4.69) is 0 Å². The zero-order chi connectivity index (χ0) is 7.89. The summed E-state index contributed by atoms with van der Waals surface area (Å²) in [5.74, 6) is -0.935. The predicted molar refractivity (Wildman–Crippen MR) is 34.8 cm³/mol. The molecule has 0 radical (unpaired) electrons. The molecule has 0 aliphatic rings. The maximum Gasteiger partial charge on any atom is 0.199 e. The van der Waals surface area contributed by atoms with Crippen LogP contribution in [0.4, 0.5) is 8.78 Å². The molecular formula is C7H9F2N. The average Bonchev–Trinajstić information content (AvgIpc) is 2.07. The fraction of sp³-hybridized carbons (Fsp3) is 0.429. The standard InChI is InChI=1S/C7H9F2N/c1-4-6(8)5(2)10(3)7(4)9/h1-3H3. The Bertz CT molecular complexity index is 183. The van der Waals surface area contributed by atoms with Crippen molar-refractivity contribution in [2.45, 2.75) is 13.8 Å². The molecule has 1 aromatic rings. The maximum atomic E-state index is 12.8. The highest BCUT2D eigenvalue weighted by molar-refractivity contribution is 5.20. The van der Waals surface area contributed by atoms with Crippen molar-refractivity contribution < 1.29 is 8.78 Å². The van der Waals surface area contributed by atoms with Crippen LogP contribution >= 0.6 is 0 Å². The Morgan fingerprint density at radius 2 is 1.70 bits per heavy atom. The fourth-order valence-corrected chi connectivity index (χ4v) is 0.908. The van der Waals surface area contributed by atoms with Crippen molar-refractivity contribution in [1.82, 2.24) is 4.57 Å². The molecule has 0 spiro atoms. The fourth-order valence-electron chi connectivity index (χ4n) is 0.908. The monoisotopic (exact) mass is 145 g/mol. The SMILES string of the molecule is Cc1c(F)c(C)n(C)c1F. The first-order chi connectivity index (χ1) is 4.55. The second-order valence-electron chi connectivity index (χ2n) is 2.37. The van der Waals surface area contributed by atoms with Crippen molar-refractivity contribution in [3.63, 3.8) is 0 Å². The average molecular weight is 145 g/mol. The summed E-state index contributed by atoms with van der Waals surface area (Å²) in [6, 6.07) is 0. The smallest absolute Gasteiger partial charge is 0.199 e. The van der Waals surface area contributed by atoms with Crippen LogP contribution in [0.1, 0.15) is 11.3 Å². The van der Waals surface area contributed by atoms with E-state index in [9.17, 15) is 8.78 Å². The molecule has 0 unspecified atom stereocenters. The van der Waals surface area contributed by atoms with E-state index in [4.69, 9.17) is 0 Å². The number of rotatable bonds is 0. The molecule has 0 N–H and O–H groups in total. The van der Waals surface area contributed by atoms with Gasteiger partial charge in [0.2, 0.25) is 0 Å². The van der Waals surface area contributed by atoms with Crippen molar-refractivity contribution in [3.05, 3.63) is 23.0 Å². The molecule has 3 heteroatoms. The minimum Gasteiger partial charge on any atom is -0.322 e. The van der Waals surface area contributed by atoms with Crippen LogP contribution in [0.15, 0.2) is 0 Å². The highest BCUT2D eigenvalue weighted by Gasteiger charge is 2.13. The van der Waals surface area contributed by atoms with Crippen LogP contribution in [0.3, 0.4) is 0 Å². The van der Waals surface area contributed by atoms with Gasteiger partial charge in [-0.15, -0.1) is 0 Å². The summed E-state index contributed by atoms with van der Waals surface area (Å²) < 4.78 is 26.7. The summed E-state index contributed by atoms with van der Waals surface area (Å²) in [5, 5.41) is 0. The lowest BCUT2D eigenvalue weighted by molar-refractivity contribution is 0.523. The normalized spacial score (nSPS) is 10.5. The Balaban J connectivity index is 3.44. The van der Waals surface area contributed by atoms with Gasteiger partial charge in [-0.3, -0.25) is 0 Å². The van der Waals surface area contributed by atoms with Gasteiger partial charge in [-0.2, -0.15) is 4.39 Å². The molecule has 0 aliphatic carbocycles. The Kier molecular flexibility index (Phi) is 1.50. The van der Waals surface area contributed by atoms with Gasteiger partial charge in [0, 0.05) is 12.6 Å². The van der Waals surface area contributed by atoms with Gasteiger partial charge in [0.25, 0.3) is 0 Å². The van der Waals surface area contributed by atoms with E-state index >= 15 is 0 Å². The van der Waals surface area contributed by atoms with Gasteiger partial charge >= 0.3 is 0 Å². The Labute approximate surface area is 58.3 Å². The molecule has 0 atom stereocenters. The lowest BCUT2D eigenvalue weighted by atomic mass is 10.3. The van der Waals surface area contributed by atoms with Crippen LogP contribution in [0.25, 0.3) is 0 Å². The number of hydrogen-bond acceptors (Lipinski definition) is 0. The number of hydrogen-bond donors (Lipinski definition) is 0. The van der Waals surface area contributed by atoms with Crippen LogP contribution in [0.5, 0.6) is 0 Å². The van der Waals surface area contributed by atoms with Crippen molar-refractivity contribution in [2.24, 2.45) is 7.05 Å². The summed E-state index contributed by atoms with van der Waals surface area (Å²) in [5.41, 5.74) is 0.440. The first-order valence-corrected chi connectivity index (χ1v) is 3.02. The zero-order valence-electron chi connectivity index (χ0n) is 6.20. The van der Waals surface area contributed by atoms with E-state index in [1.165, 1.54) is 18.5 Å². The van der Waals surface area contributed by atoms with Gasteiger partial charge in [-0.1, -0.05) is 0 Å². The molecule has 56 valence electrons. The molecule has 0 aromatic carbocycles. The number of nitrogens with zero attached hydrogens (tertiary/aromatic N) is 1. The van der Waals surface area contributed by atoms with Crippen molar-refractivity contribution in [2.75, 3.05) is 0 Å². The third-order valence-electron chi connectivity index (χ3n) is 1.75. The van der Waals surface area contributed by atoms with Crippen molar-refractivity contribution in [1.29, 1.82) is 0 Å². The first-order valence-electron chi connectivity index (χ1n) is 3.02. The zero-order valence-corrected chi connectivity index (χ0v) is 6.20. The Morgan fingerprint density at radius 3 is 1.80 bits per heavy atom. The minimum absolute atomic E-state index is 0.0972. The van der Waals surface area contributed by atoms with Crippen LogP contribution in [0.2, 0.25) is 0 Å². The van der Waals surface area contributed by atoms with E-state index < -0.39 is 11.8 Å². The number of aromatic nitrogens is 1. The molecule has 1 nitrogen and oxygen atoms in total. The summed E-state index contributed by atoms with van der Waals surface area (Å²) in [6.45, 7) is 2.98. The minimum atomic E-state index is -0.491. The van der Waals surface area contributed by atoms with Gasteiger partial charge in [0.15, 0.2) is 5.95 Å². The molecule has 1 aromatic heterocycles. The lowest BCUT2D eigenvalue weighted by Crippen LogP contribution is -1.94. The molecular weight excluding hydrogens is 136 g/mol. The Hall–Kier alpha value is -0.860. The van der Waals surface area contributed by atoms with Gasteiger partial charge in [0.05, 0.1) is 5.69 Å². The summed E-state index contributed by atoms with van der Waals surface area (Å²) in [6.07, 6.45) is 0. The second-order valence-corrected chi connectivity index (χ2v) is 2.37. The Morgan fingerprint density at radius 1 is 1.20 bits per heavy atom. The third-order valence-corrected chi connectivity index (χ3v) is 1.75. The van der Waals surface area contributed by atoms with Crippen molar-refractivity contribution in [3.8, 4) is 0 Å². The van der Waals surface area contributed by atoms with Crippen LogP contribution in [-0.4, -0.2) is 4.57 Å². The van der Waals surface area contributed by atoms with E-state index in [0.717, 1.165) is 0 Å². The maximum absolute atomic E-state index is 12.8. The van der Waals surface area contributed by atoms with Gasteiger partial charge in [-0.25, -0.2) is 4.39 Å². The first kappa shape index (κ1) is 7.25. The summed E-state index contributed by atoms with van der Waals surface area (Å²) in [7, 11) is 1.50. The third kappa shape index (κ3) is 0.735. The van der Waals surface area contributed by atoms with E-state index in [1.54, 1.807) is 6.92 Å². The van der Waals surface area contributed by atoms with E-state index in [-0.39, 0.29) is 5.56 Å². The van der Waals surface area contributed by atoms with Gasteiger partial charge in [-0.05, 0) is 13.8 Å². The van der Waals surface area contributed by atoms with E-state index in [1.807, 2.05) is 0 Å². The highest BCUT2D eigenvalue weighted by Crippen LogP contribution is 2.16. The molecule has 1 rings (SSSR count). The van der Waals surface area contributed by atoms with Crippen molar-refractivity contribution >= 4 is 0 Å². The largest absolute Gasteiger partial charge is 0.322 e. The van der Waals surface area contributed by atoms with Crippen LogP contribution in [-0.2, 0) is 7.05 Å². The summed E-state index contributed by atoms with van der Waals surface area (Å²) >= 11 is 0. The molecule has 0 saturated carbocycles. The molecule has 1 heterocycles. The molecule has 0 bridgehead atoms. The molecule has 0 amide bonds. The predicted octanol–water partition coefficient (Wildman–Crippen LogP) is 1.92. The van der Waals surface area contributed by atoms with E-state index in [0.29, 0.717) is 5.69 Å². The molecule has 0 saturated heterocycles.